The van der Waals surface area contributed by atoms with Crippen LogP contribution >= 0.6 is 0 Å². The fourth-order valence-electron chi connectivity index (χ4n) is 1.24. The van der Waals surface area contributed by atoms with Gasteiger partial charge in [-0.2, -0.15) is 5.48 Å². The van der Waals surface area contributed by atoms with E-state index >= 15 is 0 Å². The number of halogens is 2. The highest BCUT2D eigenvalue weighted by Gasteiger charge is 2.10. The molecule has 1 aromatic carbocycles. The van der Waals surface area contributed by atoms with E-state index in [1.165, 1.54) is 20.3 Å². The molecule has 0 aromatic heterocycles. The van der Waals surface area contributed by atoms with Gasteiger partial charge in [-0.25, -0.2) is 8.78 Å². The number of hydrogen-bond acceptors (Lipinski definition) is 3. The van der Waals surface area contributed by atoms with Crippen LogP contribution in [0.3, 0.4) is 0 Å². The first kappa shape index (κ1) is 12.0. The van der Waals surface area contributed by atoms with E-state index in [2.05, 4.69) is 10.3 Å². The third kappa shape index (κ3) is 3.23. The number of methoxy groups -OCH3 is 1. The van der Waals surface area contributed by atoms with E-state index in [-0.39, 0.29) is 18.7 Å². The monoisotopic (exact) mass is 217 g/mol. The fraction of sp³-hybridized carbons (Fsp3) is 0.400. The second kappa shape index (κ2) is 5.75. The average molecular weight is 217 g/mol. The summed E-state index contributed by atoms with van der Waals surface area (Å²) in [6.45, 7) is 0.355. The highest BCUT2D eigenvalue weighted by atomic mass is 19.2. The van der Waals surface area contributed by atoms with Crippen LogP contribution in [0.2, 0.25) is 0 Å². The Bertz CT molecular complexity index is 331. The van der Waals surface area contributed by atoms with Gasteiger partial charge in [0.25, 0.3) is 0 Å². The molecule has 1 rings (SSSR count). The maximum atomic E-state index is 13.2. The highest BCUT2D eigenvalue weighted by Crippen LogP contribution is 2.15. The molecule has 1 N–H and O–H groups in total. The molecule has 0 bridgehead atoms. The molecule has 0 spiro atoms. The molecule has 15 heavy (non-hydrogen) atoms. The molecule has 0 unspecified atom stereocenters. The fourth-order valence-corrected chi connectivity index (χ4v) is 1.24. The van der Waals surface area contributed by atoms with E-state index in [0.717, 1.165) is 6.07 Å². The van der Waals surface area contributed by atoms with Crippen molar-refractivity contribution in [3.8, 4) is 0 Å². The number of benzene rings is 1. The summed E-state index contributed by atoms with van der Waals surface area (Å²) in [4.78, 5) is 4.57. The van der Waals surface area contributed by atoms with E-state index in [4.69, 9.17) is 4.74 Å². The molecule has 0 saturated heterocycles. The normalized spacial score (nSPS) is 10.7. The van der Waals surface area contributed by atoms with Crippen molar-refractivity contribution in [3.63, 3.8) is 0 Å². The van der Waals surface area contributed by atoms with Gasteiger partial charge in [0, 0.05) is 19.2 Å². The summed E-state index contributed by atoms with van der Waals surface area (Å²) in [5.74, 6) is -1.74. The van der Waals surface area contributed by atoms with Gasteiger partial charge in [0.2, 0.25) is 0 Å². The van der Waals surface area contributed by atoms with Gasteiger partial charge < -0.3 is 9.57 Å². The summed E-state index contributed by atoms with van der Waals surface area (Å²) < 4.78 is 31.2. The van der Waals surface area contributed by atoms with Gasteiger partial charge in [0.05, 0.1) is 13.7 Å². The SMILES string of the molecule is COCc1cc(F)c(F)c(CNOC)c1. The Kier molecular flexibility index (Phi) is 4.61. The minimum Gasteiger partial charge on any atom is -0.380 e. The van der Waals surface area contributed by atoms with E-state index < -0.39 is 11.6 Å². The minimum atomic E-state index is -0.877. The van der Waals surface area contributed by atoms with Crippen LogP contribution in [-0.4, -0.2) is 14.2 Å². The van der Waals surface area contributed by atoms with Crippen molar-refractivity contribution < 1.29 is 18.4 Å². The number of ether oxygens (including phenoxy) is 1. The Hall–Kier alpha value is -1.04. The van der Waals surface area contributed by atoms with Crippen LogP contribution in [0.4, 0.5) is 8.78 Å². The molecule has 0 aliphatic carbocycles. The van der Waals surface area contributed by atoms with Gasteiger partial charge in [-0.15, -0.1) is 0 Å². The Morgan fingerprint density at radius 2 is 2.00 bits per heavy atom. The Labute approximate surface area is 87.0 Å². The largest absolute Gasteiger partial charge is 0.380 e. The van der Waals surface area contributed by atoms with Gasteiger partial charge in [-0.3, -0.25) is 0 Å². The molecule has 0 aliphatic rings. The topological polar surface area (TPSA) is 30.5 Å². The van der Waals surface area contributed by atoms with Gasteiger partial charge in [-0.1, -0.05) is 0 Å². The maximum Gasteiger partial charge on any atom is 0.163 e. The molecule has 0 atom stereocenters. The molecule has 0 fully saturated rings. The zero-order chi connectivity index (χ0) is 11.3. The number of hydroxylamine groups is 1. The summed E-state index contributed by atoms with van der Waals surface area (Å²) in [7, 11) is 2.90. The molecule has 3 nitrogen and oxygen atoms in total. The molecular formula is C10H13F2NO2. The lowest BCUT2D eigenvalue weighted by Gasteiger charge is -2.07. The van der Waals surface area contributed by atoms with Gasteiger partial charge >= 0.3 is 0 Å². The second-order valence-electron chi connectivity index (χ2n) is 3.01. The van der Waals surface area contributed by atoms with Crippen molar-refractivity contribution in [1.29, 1.82) is 0 Å². The Morgan fingerprint density at radius 1 is 1.27 bits per heavy atom. The number of hydrogen-bond donors (Lipinski definition) is 1. The second-order valence-corrected chi connectivity index (χ2v) is 3.01. The summed E-state index contributed by atoms with van der Waals surface area (Å²) >= 11 is 0. The van der Waals surface area contributed by atoms with Gasteiger partial charge in [-0.05, 0) is 17.7 Å². The van der Waals surface area contributed by atoms with Crippen LogP contribution in [0.1, 0.15) is 11.1 Å². The summed E-state index contributed by atoms with van der Waals surface area (Å²) in [6, 6.07) is 2.66. The lowest BCUT2D eigenvalue weighted by molar-refractivity contribution is 0.0857. The van der Waals surface area contributed by atoms with Crippen LogP contribution in [0.15, 0.2) is 12.1 Å². The number of rotatable bonds is 5. The van der Waals surface area contributed by atoms with Crippen LogP contribution in [-0.2, 0) is 22.7 Å². The van der Waals surface area contributed by atoms with E-state index in [9.17, 15) is 8.78 Å². The van der Waals surface area contributed by atoms with E-state index in [0.29, 0.717) is 5.56 Å². The molecule has 0 saturated carbocycles. The summed E-state index contributed by atoms with van der Waals surface area (Å²) in [6.07, 6.45) is 0. The molecule has 1 aromatic rings. The Morgan fingerprint density at radius 3 is 2.60 bits per heavy atom. The van der Waals surface area contributed by atoms with Crippen molar-refractivity contribution in [2.24, 2.45) is 0 Å². The standard InChI is InChI=1S/C10H13F2NO2/c1-14-6-7-3-8(5-13-15-2)10(12)9(11)4-7/h3-4,13H,5-6H2,1-2H3. The molecular weight excluding hydrogens is 204 g/mol. The van der Waals surface area contributed by atoms with Crippen LogP contribution in [0, 0.1) is 11.6 Å². The van der Waals surface area contributed by atoms with Crippen LogP contribution in [0.5, 0.6) is 0 Å². The first-order valence-corrected chi connectivity index (χ1v) is 4.40. The molecule has 0 radical (unpaired) electrons. The van der Waals surface area contributed by atoms with Crippen molar-refractivity contribution in [2.75, 3.05) is 14.2 Å². The zero-order valence-electron chi connectivity index (χ0n) is 8.64. The van der Waals surface area contributed by atoms with E-state index in [1.807, 2.05) is 0 Å². The average Bonchev–Trinajstić information content (AvgIpc) is 2.21. The summed E-state index contributed by atoms with van der Waals surface area (Å²) in [5.41, 5.74) is 3.25. The van der Waals surface area contributed by atoms with Crippen molar-refractivity contribution in [1.82, 2.24) is 5.48 Å². The summed E-state index contributed by atoms with van der Waals surface area (Å²) in [5, 5.41) is 0. The first-order valence-electron chi connectivity index (χ1n) is 4.40. The smallest absolute Gasteiger partial charge is 0.163 e. The predicted molar refractivity (Wildman–Crippen MR) is 50.9 cm³/mol. The lowest BCUT2D eigenvalue weighted by atomic mass is 10.1. The van der Waals surface area contributed by atoms with Crippen LogP contribution in [0.25, 0.3) is 0 Å². The van der Waals surface area contributed by atoms with Gasteiger partial charge in [0.1, 0.15) is 0 Å². The quantitative estimate of drug-likeness (QED) is 0.762. The van der Waals surface area contributed by atoms with E-state index in [1.54, 1.807) is 0 Å². The molecule has 0 amide bonds. The first-order chi connectivity index (χ1) is 7.19. The van der Waals surface area contributed by atoms with Crippen molar-refractivity contribution in [2.45, 2.75) is 13.2 Å². The molecule has 0 aliphatic heterocycles. The lowest BCUT2D eigenvalue weighted by Crippen LogP contribution is -2.13. The minimum absolute atomic E-state index is 0.108. The maximum absolute atomic E-state index is 13.2. The van der Waals surface area contributed by atoms with Crippen molar-refractivity contribution >= 4 is 0 Å². The number of nitrogens with one attached hydrogen (secondary N) is 1. The molecule has 0 heterocycles. The Balaban J connectivity index is 2.91. The molecule has 5 heteroatoms. The zero-order valence-corrected chi connectivity index (χ0v) is 8.64. The van der Waals surface area contributed by atoms with Gasteiger partial charge in [0.15, 0.2) is 11.6 Å². The molecule has 84 valence electrons. The third-order valence-corrected chi connectivity index (χ3v) is 1.88. The third-order valence-electron chi connectivity index (χ3n) is 1.88. The highest BCUT2D eigenvalue weighted by molar-refractivity contribution is 5.25. The van der Waals surface area contributed by atoms with Crippen molar-refractivity contribution in [3.05, 3.63) is 34.9 Å². The van der Waals surface area contributed by atoms with Crippen LogP contribution < -0.4 is 5.48 Å². The predicted octanol–water partition coefficient (Wildman–Crippen LogP) is 1.76.